The van der Waals surface area contributed by atoms with E-state index in [-0.39, 0.29) is 5.41 Å². The van der Waals surface area contributed by atoms with Gasteiger partial charge in [0.05, 0.1) is 6.21 Å². The number of hydrogen-bond acceptors (Lipinski definition) is 3. The van der Waals surface area contributed by atoms with Gasteiger partial charge in [-0.05, 0) is 46.4 Å². The van der Waals surface area contributed by atoms with Crippen LogP contribution in [0.15, 0.2) is 53.6 Å². The van der Waals surface area contributed by atoms with Gasteiger partial charge in [-0.1, -0.05) is 45.0 Å². The van der Waals surface area contributed by atoms with Gasteiger partial charge in [0, 0.05) is 0 Å². The summed E-state index contributed by atoms with van der Waals surface area (Å²) in [7, 11) is 0. The average molecular weight is 325 g/mol. The Kier molecular flexibility index (Phi) is 5.58. The van der Waals surface area contributed by atoms with Crippen LogP contribution in [0.3, 0.4) is 0 Å². The Morgan fingerprint density at radius 3 is 2.29 bits per heavy atom. The third-order valence-corrected chi connectivity index (χ3v) is 3.49. The average Bonchev–Trinajstić information content (AvgIpc) is 2.53. The van der Waals surface area contributed by atoms with Gasteiger partial charge in [-0.15, -0.1) is 0 Å². The summed E-state index contributed by atoms with van der Waals surface area (Å²) in [5.74, 6) is 0.773. The van der Waals surface area contributed by atoms with Crippen LogP contribution in [0.25, 0.3) is 0 Å². The Morgan fingerprint density at radius 1 is 1.12 bits per heavy atom. The van der Waals surface area contributed by atoms with Gasteiger partial charge in [0.2, 0.25) is 0 Å². The molecule has 0 heterocycles. The largest absolute Gasteiger partial charge is 0.489 e. The van der Waals surface area contributed by atoms with E-state index in [1.54, 1.807) is 0 Å². The first-order chi connectivity index (χ1) is 11.3. The van der Waals surface area contributed by atoms with Gasteiger partial charge in [0.25, 0.3) is 0 Å². The number of ether oxygens (including phenoxy) is 1. The topological polar surface area (TPSA) is 76.7 Å². The Morgan fingerprint density at radius 2 is 1.75 bits per heavy atom. The van der Waals surface area contributed by atoms with Gasteiger partial charge in [-0.2, -0.15) is 5.10 Å². The first kappa shape index (κ1) is 17.5. The maximum Gasteiger partial charge on any atom is 0.332 e. The molecule has 0 aromatic heterocycles. The lowest BCUT2D eigenvalue weighted by Crippen LogP contribution is -2.24. The Labute approximate surface area is 142 Å². The molecule has 2 rings (SSSR count). The van der Waals surface area contributed by atoms with Crippen LogP contribution in [0.1, 0.15) is 37.5 Å². The molecule has 0 saturated carbocycles. The van der Waals surface area contributed by atoms with Gasteiger partial charge >= 0.3 is 6.03 Å². The van der Waals surface area contributed by atoms with Crippen LogP contribution < -0.4 is 15.9 Å². The third kappa shape index (κ3) is 5.43. The van der Waals surface area contributed by atoms with Gasteiger partial charge in [0.1, 0.15) is 12.4 Å². The Balaban J connectivity index is 1.90. The molecule has 0 spiro atoms. The lowest BCUT2D eigenvalue weighted by atomic mass is 9.87. The highest BCUT2D eigenvalue weighted by atomic mass is 16.5. The second kappa shape index (κ2) is 7.64. The number of urea groups is 1. The van der Waals surface area contributed by atoms with E-state index in [9.17, 15) is 4.79 Å². The molecule has 24 heavy (non-hydrogen) atoms. The maximum atomic E-state index is 10.5. The number of rotatable bonds is 5. The fourth-order valence-electron chi connectivity index (χ4n) is 2.09. The number of nitrogens with one attached hydrogen (secondary N) is 1. The fraction of sp³-hybridized carbons (Fsp3) is 0.263. The van der Waals surface area contributed by atoms with E-state index in [0.717, 1.165) is 16.9 Å². The van der Waals surface area contributed by atoms with Crippen molar-refractivity contribution < 1.29 is 9.53 Å². The van der Waals surface area contributed by atoms with Crippen LogP contribution in [0.4, 0.5) is 4.79 Å². The molecule has 3 N–H and O–H groups in total. The fourth-order valence-corrected chi connectivity index (χ4v) is 2.09. The second-order valence-corrected chi connectivity index (χ2v) is 6.54. The molecule has 0 radical (unpaired) electrons. The minimum absolute atomic E-state index is 0.153. The van der Waals surface area contributed by atoms with Crippen LogP contribution in [0.2, 0.25) is 0 Å². The van der Waals surface area contributed by atoms with E-state index in [4.69, 9.17) is 10.5 Å². The quantitative estimate of drug-likeness (QED) is 0.651. The minimum Gasteiger partial charge on any atom is -0.489 e. The van der Waals surface area contributed by atoms with Crippen LogP contribution in [0, 0.1) is 0 Å². The SMILES string of the molecule is CC(C)(C)c1ccc(COc2ccc(/C=N/NC(N)=O)cc2)cc1. The van der Waals surface area contributed by atoms with Crippen LogP contribution >= 0.6 is 0 Å². The summed E-state index contributed by atoms with van der Waals surface area (Å²) in [5, 5.41) is 3.70. The lowest BCUT2D eigenvalue weighted by molar-refractivity contribution is 0.249. The third-order valence-electron chi connectivity index (χ3n) is 3.49. The first-order valence-corrected chi connectivity index (χ1v) is 7.75. The van der Waals surface area contributed by atoms with Gasteiger partial charge < -0.3 is 10.5 Å². The monoisotopic (exact) mass is 325 g/mol. The summed E-state index contributed by atoms with van der Waals surface area (Å²) in [6, 6.07) is 15.2. The molecule has 0 bridgehead atoms. The zero-order valence-corrected chi connectivity index (χ0v) is 14.2. The predicted molar refractivity (Wildman–Crippen MR) is 96.2 cm³/mol. The van der Waals surface area contributed by atoms with E-state index < -0.39 is 6.03 Å². The molecule has 2 aromatic carbocycles. The molecule has 2 aromatic rings. The van der Waals surface area contributed by atoms with Crippen LogP contribution in [-0.4, -0.2) is 12.2 Å². The molecular formula is C19H23N3O2. The highest BCUT2D eigenvalue weighted by Crippen LogP contribution is 2.22. The number of amides is 2. The number of hydrogen-bond donors (Lipinski definition) is 2. The number of carbonyl (C=O) groups is 1. The van der Waals surface area contributed by atoms with Crippen molar-refractivity contribution in [2.45, 2.75) is 32.8 Å². The molecule has 2 amide bonds. The zero-order chi connectivity index (χ0) is 17.6. The van der Waals surface area contributed by atoms with Crippen molar-refractivity contribution >= 4 is 12.2 Å². The van der Waals surface area contributed by atoms with Gasteiger partial charge in [0.15, 0.2) is 0 Å². The number of nitrogens with zero attached hydrogens (tertiary/aromatic N) is 1. The van der Waals surface area contributed by atoms with Crippen LogP contribution in [-0.2, 0) is 12.0 Å². The van der Waals surface area contributed by atoms with Crippen molar-refractivity contribution in [3.05, 3.63) is 65.2 Å². The number of hydrazone groups is 1. The van der Waals surface area contributed by atoms with E-state index in [0.29, 0.717) is 6.61 Å². The van der Waals surface area contributed by atoms with Crippen molar-refractivity contribution in [1.29, 1.82) is 0 Å². The minimum atomic E-state index is -0.691. The van der Waals surface area contributed by atoms with E-state index in [1.807, 2.05) is 24.3 Å². The van der Waals surface area contributed by atoms with Crippen molar-refractivity contribution in [3.63, 3.8) is 0 Å². The summed E-state index contributed by atoms with van der Waals surface area (Å²) in [4.78, 5) is 10.5. The van der Waals surface area contributed by atoms with Crippen molar-refractivity contribution in [2.75, 3.05) is 0 Å². The molecule has 5 heteroatoms. The highest BCUT2D eigenvalue weighted by molar-refractivity contribution is 5.81. The van der Waals surface area contributed by atoms with Crippen LogP contribution in [0.5, 0.6) is 5.75 Å². The number of primary amides is 1. The number of carbonyl (C=O) groups excluding carboxylic acids is 1. The molecular weight excluding hydrogens is 302 g/mol. The summed E-state index contributed by atoms with van der Waals surface area (Å²) in [5.41, 5.74) is 10.5. The first-order valence-electron chi connectivity index (χ1n) is 7.75. The van der Waals surface area contributed by atoms with E-state index >= 15 is 0 Å². The Hall–Kier alpha value is -2.82. The highest BCUT2D eigenvalue weighted by Gasteiger charge is 2.12. The second-order valence-electron chi connectivity index (χ2n) is 6.54. The molecule has 0 atom stereocenters. The van der Waals surface area contributed by atoms with Crippen molar-refractivity contribution in [1.82, 2.24) is 5.43 Å². The standard InChI is InChI=1S/C19H23N3O2/c1-19(2,3)16-8-4-15(5-9-16)13-24-17-10-6-14(7-11-17)12-21-22-18(20)23/h4-12H,13H2,1-3H3,(H3,20,22,23)/b21-12+. The van der Waals surface area contributed by atoms with Gasteiger partial charge in [-0.25, -0.2) is 10.2 Å². The van der Waals surface area contributed by atoms with E-state index in [2.05, 4.69) is 55.6 Å². The van der Waals surface area contributed by atoms with Crippen molar-refractivity contribution in [2.24, 2.45) is 10.8 Å². The maximum absolute atomic E-state index is 10.5. The molecule has 0 saturated heterocycles. The summed E-state index contributed by atoms with van der Waals surface area (Å²) < 4.78 is 5.78. The molecule has 0 aliphatic carbocycles. The van der Waals surface area contributed by atoms with E-state index in [1.165, 1.54) is 11.8 Å². The molecule has 5 nitrogen and oxygen atoms in total. The normalized spacial score (nSPS) is 11.5. The molecule has 0 fully saturated rings. The molecule has 126 valence electrons. The van der Waals surface area contributed by atoms with Gasteiger partial charge in [-0.3, -0.25) is 0 Å². The molecule has 0 aliphatic rings. The number of benzene rings is 2. The van der Waals surface area contributed by atoms with Crippen molar-refractivity contribution in [3.8, 4) is 5.75 Å². The summed E-state index contributed by atoms with van der Waals surface area (Å²) in [6.07, 6.45) is 1.51. The predicted octanol–water partition coefficient (Wildman–Crippen LogP) is 3.57. The zero-order valence-electron chi connectivity index (χ0n) is 14.2. The summed E-state index contributed by atoms with van der Waals surface area (Å²) >= 11 is 0. The number of nitrogens with two attached hydrogens (primary N) is 1. The molecule has 0 unspecified atom stereocenters. The smallest absolute Gasteiger partial charge is 0.332 e. The Bertz CT molecular complexity index is 699. The molecule has 0 aliphatic heterocycles. The lowest BCUT2D eigenvalue weighted by Gasteiger charge is -2.19. The summed E-state index contributed by atoms with van der Waals surface area (Å²) in [6.45, 7) is 7.11.